The van der Waals surface area contributed by atoms with Crippen molar-refractivity contribution in [1.29, 1.82) is 0 Å². The fourth-order valence-corrected chi connectivity index (χ4v) is 3.61. The third-order valence-electron chi connectivity index (χ3n) is 4.92. The highest BCUT2D eigenvalue weighted by atomic mass is 35.5. The molecule has 0 bridgehead atoms. The summed E-state index contributed by atoms with van der Waals surface area (Å²) in [5, 5.41) is 13.3. The van der Waals surface area contributed by atoms with Crippen molar-refractivity contribution in [2.45, 2.75) is 0 Å². The molecule has 0 fully saturated rings. The summed E-state index contributed by atoms with van der Waals surface area (Å²) >= 11 is 5.86. The lowest BCUT2D eigenvalue weighted by Crippen LogP contribution is -1.91. The number of oxazole rings is 1. The number of nitro benzene ring substituents is 1. The van der Waals surface area contributed by atoms with E-state index in [1.54, 1.807) is 18.3 Å². The Morgan fingerprint density at radius 1 is 1.00 bits per heavy atom. The monoisotopic (exact) mass is 427 g/mol. The molecule has 0 aliphatic rings. The van der Waals surface area contributed by atoms with Crippen LogP contribution in [0.3, 0.4) is 0 Å². The summed E-state index contributed by atoms with van der Waals surface area (Å²) in [5.41, 5.74) is 3.32. The van der Waals surface area contributed by atoms with Crippen molar-refractivity contribution >= 4 is 51.1 Å². The Morgan fingerprint density at radius 3 is 2.71 bits per heavy atom. The van der Waals surface area contributed by atoms with Crippen LogP contribution in [0.4, 0.5) is 11.4 Å². The zero-order valence-electron chi connectivity index (χ0n) is 16.0. The minimum absolute atomic E-state index is 0.0891. The predicted molar refractivity (Wildman–Crippen MR) is 122 cm³/mol. The van der Waals surface area contributed by atoms with E-state index in [2.05, 4.69) is 22.1 Å². The van der Waals surface area contributed by atoms with Gasteiger partial charge in [-0.05, 0) is 40.6 Å². The summed E-state index contributed by atoms with van der Waals surface area (Å²) in [4.78, 5) is 19.6. The summed E-state index contributed by atoms with van der Waals surface area (Å²) in [6.07, 6.45) is 1.55. The number of rotatable bonds is 4. The van der Waals surface area contributed by atoms with Gasteiger partial charge >= 0.3 is 0 Å². The van der Waals surface area contributed by atoms with Gasteiger partial charge < -0.3 is 4.42 Å². The van der Waals surface area contributed by atoms with Gasteiger partial charge in [0.15, 0.2) is 5.58 Å². The van der Waals surface area contributed by atoms with Crippen molar-refractivity contribution in [2.75, 3.05) is 0 Å². The lowest BCUT2D eigenvalue weighted by atomic mass is 10.0. The molecule has 0 saturated heterocycles. The summed E-state index contributed by atoms with van der Waals surface area (Å²) in [5.74, 6) is 0.543. The van der Waals surface area contributed by atoms with Crippen LogP contribution >= 0.6 is 11.6 Å². The predicted octanol–water partition coefficient (Wildman–Crippen LogP) is 6.96. The number of aromatic nitrogens is 1. The molecule has 0 N–H and O–H groups in total. The van der Waals surface area contributed by atoms with Crippen LogP contribution in [0.25, 0.3) is 33.3 Å². The number of benzene rings is 4. The first-order valence-corrected chi connectivity index (χ1v) is 9.83. The van der Waals surface area contributed by atoms with Crippen LogP contribution in [0.2, 0.25) is 5.02 Å². The first-order valence-electron chi connectivity index (χ1n) is 9.45. The quantitative estimate of drug-likeness (QED) is 0.176. The minimum atomic E-state index is -0.519. The van der Waals surface area contributed by atoms with Crippen LogP contribution in [-0.2, 0) is 0 Å². The Labute approximate surface area is 181 Å². The molecule has 0 aliphatic heterocycles. The number of hydrogen-bond donors (Lipinski definition) is 0. The minimum Gasteiger partial charge on any atom is -0.436 e. The van der Waals surface area contributed by atoms with Gasteiger partial charge in [-0.3, -0.25) is 15.1 Å². The van der Waals surface area contributed by atoms with Gasteiger partial charge in [-0.25, -0.2) is 4.98 Å². The van der Waals surface area contributed by atoms with Crippen molar-refractivity contribution in [1.82, 2.24) is 4.98 Å². The standard InChI is InChI=1S/C24H14ClN3O3/c25-20-10-8-15(12-22(20)28(29)30)14-26-17-9-11-21-23(13-17)31-24(27-21)19-7-3-5-16-4-1-2-6-18(16)19/h1-14H. The van der Waals surface area contributed by atoms with Gasteiger partial charge in [-0.1, -0.05) is 54.1 Å². The first kappa shape index (κ1) is 19.0. The molecule has 5 aromatic rings. The third-order valence-corrected chi connectivity index (χ3v) is 5.24. The molecule has 0 radical (unpaired) electrons. The highest BCUT2D eigenvalue weighted by Crippen LogP contribution is 2.32. The molecule has 4 aromatic carbocycles. The maximum atomic E-state index is 11.1. The molecule has 0 spiro atoms. The molecule has 0 unspecified atom stereocenters. The number of hydrogen-bond acceptors (Lipinski definition) is 5. The van der Waals surface area contributed by atoms with Crippen LogP contribution in [0, 0.1) is 10.1 Å². The number of nitro groups is 1. The molecular weight excluding hydrogens is 414 g/mol. The Bertz CT molecular complexity index is 1490. The second kappa shape index (κ2) is 7.66. The topological polar surface area (TPSA) is 81.5 Å². The van der Waals surface area contributed by atoms with Crippen LogP contribution in [0.1, 0.15) is 5.56 Å². The van der Waals surface area contributed by atoms with Gasteiger partial charge in [-0.15, -0.1) is 0 Å². The van der Waals surface area contributed by atoms with E-state index in [1.165, 1.54) is 12.1 Å². The third kappa shape index (κ3) is 3.65. The normalized spacial score (nSPS) is 11.5. The Hall–Kier alpha value is -4.03. The van der Waals surface area contributed by atoms with E-state index < -0.39 is 4.92 Å². The van der Waals surface area contributed by atoms with E-state index in [0.29, 0.717) is 22.7 Å². The average Bonchev–Trinajstić information content (AvgIpc) is 3.21. The molecule has 1 aromatic heterocycles. The highest BCUT2D eigenvalue weighted by Gasteiger charge is 2.13. The zero-order chi connectivity index (χ0) is 21.4. The van der Waals surface area contributed by atoms with Crippen molar-refractivity contribution in [2.24, 2.45) is 4.99 Å². The second-order valence-corrected chi connectivity index (χ2v) is 7.33. The van der Waals surface area contributed by atoms with E-state index in [4.69, 9.17) is 16.0 Å². The largest absolute Gasteiger partial charge is 0.436 e. The highest BCUT2D eigenvalue weighted by molar-refractivity contribution is 6.32. The van der Waals surface area contributed by atoms with Gasteiger partial charge in [-0.2, -0.15) is 0 Å². The molecule has 0 aliphatic carbocycles. The molecule has 0 amide bonds. The average molecular weight is 428 g/mol. The lowest BCUT2D eigenvalue weighted by Gasteiger charge is -2.01. The Morgan fingerprint density at radius 2 is 1.84 bits per heavy atom. The molecular formula is C24H14ClN3O3. The number of fused-ring (bicyclic) bond motifs is 2. The van der Waals surface area contributed by atoms with Crippen molar-refractivity contribution in [3.63, 3.8) is 0 Å². The molecule has 5 rings (SSSR count). The van der Waals surface area contributed by atoms with Gasteiger partial charge in [0.1, 0.15) is 10.5 Å². The first-order chi connectivity index (χ1) is 15.1. The van der Waals surface area contributed by atoms with Gasteiger partial charge in [0.25, 0.3) is 5.69 Å². The molecule has 0 atom stereocenters. The van der Waals surface area contributed by atoms with Gasteiger partial charge in [0.2, 0.25) is 5.89 Å². The fourth-order valence-electron chi connectivity index (χ4n) is 3.42. The lowest BCUT2D eigenvalue weighted by molar-refractivity contribution is -0.384. The fraction of sp³-hybridized carbons (Fsp3) is 0. The molecule has 0 saturated carbocycles. The van der Waals surface area contributed by atoms with E-state index in [9.17, 15) is 10.1 Å². The summed E-state index contributed by atoms with van der Waals surface area (Å²) in [6, 6.07) is 24.1. The Kier molecular flexibility index (Phi) is 4.69. The molecule has 7 heteroatoms. The van der Waals surface area contributed by atoms with Crippen LogP contribution in [0.5, 0.6) is 0 Å². The van der Waals surface area contributed by atoms with E-state index >= 15 is 0 Å². The van der Waals surface area contributed by atoms with Crippen molar-refractivity contribution < 1.29 is 9.34 Å². The van der Waals surface area contributed by atoms with Crippen LogP contribution in [-0.4, -0.2) is 16.1 Å². The second-order valence-electron chi connectivity index (χ2n) is 6.92. The molecule has 31 heavy (non-hydrogen) atoms. The van der Waals surface area contributed by atoms with Crippen LogP contribution in [0.15, 0.2) is 88.3 Å². The summed E-state index contributed by atoms with van der Waals surface area (Å²) in [7, 11) is 0. The van der Waals surface area contributed by atoms with E-state index in [0.717, 1.165) is 21.9 Å². The molecule has 6 nitrogen and oxygen atoms in total. The smallest absolute Gasteiger partial charge is 0.288 e. The van der Waals surface area contributed by atoms with Gasteiger partial charge in [0, 0.05) is 23.9 Å². The number of nitrogens with zero attached hydrogens (tertiary/aromatic N) is 3. The number of halogens is 1. The maximum Gasteiger partial charge on any atom is 0.288 e. The Balaban J connectivity index is 1.50. The SMILES string of the molecule is O=[N+]([O-])c1cc(C=Nc2ccc3nc(-c4cccc5ccccc45)oc3c2)ccc1Cl. The zero-order valence-corrected chi connectivity index (χ0v) is 16.8. The van der Waals surface area contributed by atoms with Gasteiger partial charge in [0.05, 0.1) is 10.6 Å². The van der Waals surface area contributed by atoms with E-state index in [1.807, 2.05) is 42.5 Å². The van der Waals surface area contributed by atoms with Crippen molar-refractivity contribution in [3.05, 3.63) is 99.6 Å². The summed E-state index contributed by atoms with van der Waals surface area (Å²) < 4.78 is 6.03. The summed E-state index contributed by atoms with van der Waals surface area (Å²) in [6.45, 7) is 0. The maximum absolute atomic E-state index is 11.1. The molecule has 150 valence electrons. The number of aliphatic imine (C=N–C) groups is 1. The van der Waals surface area contributed by atoms with E-state index in [-0.39, 0.29) is 10.7 Å². The molecule has 1 heterocycles. The van der Waals surface area contributed by atoms with Crippen molar-refractivity contribution in [3.8, 4) is 11.5 Å². The van der Waals surface area contributed by atoms with Crippen LogP contribution < -0.4 is 0 Å².